The van der Waals surface area contributed by atoms with Crippen LogP contribution in [0.4, 0.5) is 0 Å². The Labute approximate surface area is 152 Å². The van der Waals surface area contributed by atoms with Crippen LogP contribution in [-0.4, -0.2) is 27.8 Å². The molecule has 0 saturated heterocycles. The molecule has 2 heterocycles. The molecule has 130 valence electrons. The third kappa shape index (κ3) is 3.08. The summed E-state index contributed by atoms with van der Waals surface area (Å²) >= 11 is 0. The van der Waals surface area contributed by atoms with Crippen LogP contribution in [0.5, 0.6) is 0 Å². The van der Waals surface area contributed by atoms with E-state index in [0.29, 0.717) is 5.82 Å². The van der Waals surface area contributed by atoms with E-state index >= 15 is 0 Å². The summed E-state index contributed by atoms with van der Waals surface area (Å²) in [6.45, 7) is 1.98. The maximum atomic E-state index is 5.08. The Hall–Kier alpha value is -3.08. The van der Waals surface area contributed by atoms with Crippen LogP contribution in [0.2, 0.25) is 0 Å². The first-order chi connectivity index (χ1) is 12.8. The van der Waals surface area contributed by atoms with Crippen molar-refractivity contribution in [3.05, 3.63) is 65.5 Å². The van der Waals surface area contributed by atoms with Crippen LogP contribution in [0, 0.1) is 6.92 Å². The van der Waals surface area contributed by atoms with Crippen LogP contribution < -0.4 is 0 Å². The average Bonchev–Trinajstić information content (AvgIpc) is 2.68. The highest BCUT2D eigenvalue weighted by Gasteiger charge is 2.25. The minimum Gasteiger partial charge on any atom is -0.399 e. The summed E-state index contributed by atoms with van der Waals surface area (Å²) in [6, 6.07) is 16.1. The first-order valence-electron chi connectivity index (χ1n) is 8.77. The van der Waals surface area contributed by atoms with Crippen molar-refractivity contribution < 1.29 is 4.84 Å². The van der Waals surface area contributed by atoms with Crippen molar-refractivity contribution in [2.75, 3.05) is 7.11 Å². The maximum Gasteiger partial charge on any atom is 0.179 e. The summed E-state index contributed by atoms with van der Waals surface area (Å²) in [7, 11) is 1.58. The summed E-state index contributed by atoms with van der Waals surface area (Å²) in [4.78, 5) is 19.4. The molecule has 5 nitrogen and oxygen atoms in total. The molecule has 26 heavy (non-hydrogen) atoms. The number of fused-ring (bicyclic) bond motifs is 1. The molecule has 2 aromatic heterocycles. The zero-order valence-corrected chi connectivity index (χ0v) is 14.9. The van der Waals surface area contributed by atoms with Gasteiger partial charge in [-0.15, -0.1) is 0 Å². The molecule has 0 amide bonds. The number of benzene rings is 1. The number of hydrogen-bond acceptors (Lipinski definition) is 5. The number of rotatable bonds is 3. The van der Waals surface area contributed by atoms with Gasteiger partial charge in [0.1, 0.15) is 12.8 Å². The fourth-order valence-corrected chi connectivity index (χ4v) is 3.33. The summed E-state index contributed by atoms with van der Waals surface area (Å²) < 4.78 is 0. The van der Waals surface area contributed by atoms with Crippen molar-refractivity contribution in [1.82, 2.24) is 15.0 Å². The molecule has 0 fully saturated rings. The number of aromatic nitrogens is 3. The lowest BCUT2D eigenvalue weighted by molar-refractivity contribution is 0.212. The number of nitrogens with zero attached hydrogens (tertiary/aromatic N) is 4. The second-order valence-corrected chi connectivity index (χ2v) is 6.32. The fraction of sp³-hybridized carbons (Fsp3) is 0.238. The molecule has 3 aromatic rings. The summed E-state index contributed by atoms with van der Waals surface area (Å²) in [5.41, 5.74) is 6.61. The van der Waals surface area contributed by atoms with Crippen LogP contribution in [0.3, 0.4) is 0 Å². The predicted molar refractivity (Wildman–Crippen MR) is 102 cm³/mol. The molecule has 0 atom stereocenters. The van der Waals surface area contributed by atoms with Crippen molar-refractivity contribution in [3.8, 4) is 22.8 Å². The second kappa shape index (κ2) is 7.04. The Morgan fingerprint density at radius 3 is 2.54 bits per heavy atom. The van der Waals surface area contributed by atoms with Crippen LogP contribution in [0.15, 0.2) is 53.7 Å². The van der Waals surface area contributed by atoms with Gasteiger partial charge in [0.15, 0.2) is 5.82 Å². The molecular weight excluding hydrogens is 324 g/mol. The van der Waals surface area contributed by atoms with Gasteiger partial charge in [-0.1, -0.05) is 41.6 Å². The molecule has 0 bridgehead atoms. The van der Waals surface area contributed by atoms with E-state index < -0.39 is 0 Å². The Morgan fingerprint density at radius 1 is 0.923 bits per heavy atom. The van der Waals surface area contributed by atoms with E-state index in [1.165, 1.54) is 0 Å². The van der Waals surface area contributed by atoms with E-state index in [1.54, 1.807) is 7.11 Å². The molecule has 0 N–H and O–H groups in total. The molecule has 1 aromatic carbocycles. The Morgan fingerprint density at radius 2 is 1.77 bits per heavy atom. The molecule has 0 radical (unpaired) electrons. The summed E-state index contributed by atoms with van der Waals surface area (Å²) in [5, 5.41) is 4.25. The Balaban J connectivity index is 1.97. The molecule has 0 spiro atoms. The Kier molecular flexibility index (Phi) is 4.44. The smallest absolute Gasteiger partial charge is 0.179 e. The van der Waals surface area contributed by atoms with Crippen molar-refractivity contribution in [2.45, 2.75) is 26.2 Å². The van der Waals surface area contributed by atoms with Crippen LogP contribution in [-0.2, 0) is 11.3 Å². The van der Waals surface area contributed by atoms with E-state index in [-0.39, 0.29) is 0 Å². The van der Waals surface area contributed by atoms with Crippen molar-refractivity contribution in [1.29, 1.82) is 0 Å². The van der Waals surface area contributed by atoms with Gasteiger partial charge in [0.25, 0.3) is 0 Å². The first-order valence-corrected chi connectivity index (χ1v) is 8.77. The third-order valence-electron chi connectivity index (χ3n) is 4.47. The molecule has 0 saturated carbocycles. The first kappa shape index (κ1) is 16.4. The van der Waals surface area contributed by atoms with Gasteiger partial charge < -0.3 is 4.84 Å². The van der Waals surface area contributed by atoms with Gasteiger partial charge in [0, 0.05) is 16.8 Å². The van der Waals surface area contributed by atoms with Gasteiger partial charge in [-0.25, -0.2) is 15.0 Å². The highest BCUT2D eigenvalue weighted by molar-refractivity contribution is 6.06. The van der Waals surface area contributed by atoms with Crippen molar-refractivity contribution >= 4 is 5.71 Å². The quantitative estimate of drug-likeness (QED) is 0.668. The van der Waals surface area contributed by atoms with Gasteiger partial charge in [0.05, 0.1) is 17.1 Å². The standard InChI is InChI=1S/C21H20N4O/c1-14-8-6-13-18(22-14)21-23-16-11-7-12-17(25-26-2)19(16)20(24-21)15-9-4-3-5-10-15/h3-6,8-10,13H,7,11-12H2,1-2H3. The average molecular weight is 344 g/mol. The van der Waals surface area contributed by atoms with E-state index in [9.17, 15) is 0 Å². The molecule has 0 aliphatic heterocycles. The van der Waals surface area contributed by atoms with Gasteiger partial charge >= 0.3 is 0 Å². The third-order valence-corrected chi connectivity index (χ3v) is 4.47. The minimum absolute atomic E-state index is 0.657. The van der Waals surface area contributed by atoms with Gasteiger partial charge in [-0.2, -0.15) is 0 Å². The van der Waals surface area contributed by atoms with Crippen molar-refractivity contribution in [2.24, 2.45) is 5.16 Å². The lowest BCUT2D eigenvalue weighted by Crippen LogP contribution is -2.17. The van der Waals surface area contributed by atoms with Crippen molar-refractivity contribution in [3.63, 3.8) is 0 Å². The molecule has 1 aliphatic carbocycles. The lowest BCUT2D eigenvalue weighted by atomic mass is 9.90. The zero-order chi connectivity index (χ0) is 17.9. The van der Waals surface area contributed by atoms with E-state index in [1.807, 2.05) is 43.3 Å². The lowest BCUT2D eigenvalue weighted by Gasteiger charge is -2.20. The minimum atomic E-state index is 0.657. The highest BCUT2D eigenvalue weighted by Crippen LogP contribution is 2.31. The monoisotopic (exact) mass is 344 g/mol. The topological polar surface area (TPSA) is 60.3 Å². The molecule has 0 unspecified atom stereocenters. The number of oxime groups is 1. The number of aryl methyl sites for hydroxylation is 2. The Bertz CT molecular complexity index is 967. The van der Waals surface area contributed by atoms with Crippen LogP contribution in [0.1, 0.15) is 29.8 Å². The number of pyridine rings is 1. The normalized spacial score (nSPS) is 14.9. The van der Waals surface area contributed by atoms with Gasteiger partial charge in [-0.3, -0.25) is 0 Å². The van der Waals surface area contributed by atoms with Crippen LogP contribution >= 0.6 is 0 Å². The van der Waals surface area contributed by atoms with Gasteiger partial charge in [0.2, 0.25) is 0 Å². The van der Waals surface area contributed by atoms with Gasteiger partial charge in [-0.05, 0) is 38.3 Å². The second-order valence-electron chi connectivity index (χ2n) is 6.32. The van der Waals surface area contributed by atoms with E-state index in [4.69, 9.17) is 14.8 Å². The molecular formula is C21H20N4O. The predicted octanol–water partition coefficient (Wildman–Crippen LogP) is 4.20. The zero-order valence-electron chi connectivity index (χ0n) is 14.9. The molecule has 4 rings (SSSR count). The highest BCUT2D eigenvalue weighted by atomic mass is 16.6. The van der Waals surface area contributed by atoms with E-state index in [2.05, 4.69) is 22.3 Å². The van der Waals surface area contributed by atoms with Crippen LogP contribution in [0.25, 0.3) is 22.8 Å². The summed E-state index contributed by atoms with van der Waals surface area (Å²) in [5.74, 6) is 0.657. The SMILES string of the molecule is CON=C1CCCc2nc(-c3cccc(C)n3)nc(-c3ccccc3)c21. The number of hydrogen-bond donors (Lipinski definition) is 0. The maximum absolute atomic E-state index is 5.08. The molecule has 5 heteroatoms. The molecule has 1 aliphatic rings. The fourth-order valence-electron chi connectivity index (χ4n) is 3.33. The summed E-state index contributed by atoms with van der Waals surface area (Å²) in [6.07, 6.45) is 2.77. The van der Waals surface area contributed by atoms with E-state index in [0.717, 1.165) is 58.9 Å². The largest absolute Gasteiger partial charge is 0.399 e.